The molecule has 0 unspecified atom stereocenters. The van der Waals surface area contributed by atoms with Crippen molar-refractivity contribution in [1.29, 1.82) is 0 Å². The van der Waals surface area contributed by atoms with Crippen molar-refractivity contribution in [2.24, 2.45) is 5.41 Å². The van der Waals surface area contributed by atoms with Gasteiger partial charge in [0.05, 0.1) is 0 Å². The van der Waals surface area contributed by atoms with Gasteiger partial charge < -0.3 is 14.7 Å². The molecule has 0 radical (unpaired) electrons. The second kappa shape index (κ2) is 6.64. The lowest BCUT2D eigenvalue weighted by Crippen LogP contribution is -2.37. The van der Waals surface area contributed by atoms with Gasteiger partial charge in [0.2, 0.25) is 0 Å². The standard InChI is InChI=1S/C20H25N3O2/c1-15-4-6-16(7-5-15)18-12-17(22-25-18)19(24)21-13-20(8-9-20)14-23-10-2-3-11-23/h4-7,12H,2-3,8-11,13-14H2,1H3,(H,21,24). The fourth-order valence-corrected chi connectivity index (χ4v) is 3.58. The molecule has 2 aromatic rings. The highest BCUT2D eigenvalue weighted by molar-refractivity contribution is 5.93. The Morgan fingerprint density at radius 1 is 1.24 bits per heavy atom. The van der Waals surface area contributed by atoms with Gasteiger partial charge in [-0.3, -0.25) is 4.79 Å². The maximum absolute atomic E-state index is 12.4. The molecule has 1 saturated carbocycles. The summed E-state index contributed by atoms with van der Waals surface area (Å²) in [7, 11) is 0. The van der Waals surface area contributed by atoms with E-state index in [1.54, 1.807) is 6.07 Å². The summed E-state index contributed by atoms with van der Waals surface area (Å²) >= 11 is 0. The lowest BCUT2D eigenvalue weighted by atomic mass is 10.1. The third-order valence-corrected chi connectivity index (χ3v) is 5.42. The van der Waals surface area contributed by atoms with Gasteiger partial charge in [-0.1, -0.05) is 35.0 Å². The predicted molar refractivity (Wildman–Crippen MR) is 96.4 cm³/mol. The molecule has 1 N–H and O–H groups in total. The molecular weight excluding hydrogens is 314 g/mol. The van der Waals surface area contributed by atoms with Crippen molar-refractivity contribution < 1.29 is 9.32 Å². The molecule has 0 bridgehead atoms. The Bertz CT molecular complexity index is 741. The first kappa shape index (κ1) is 16.3. The summed E-state index contributed by atoms with van der Waals surface area (Å²) in [5.74, 6) is 0.484. The maximum Gasteiger partial charge on any atom is 0.273 e. The highest BCUT2D eigenvalue weighted by atomic mass is 16.5. The Morgan fingerprint density at radius 3 is 2.64 bits per heavy atom. The first-order valence-corrected chi connectivity index (χ1v) is 9.18. The van der Waals surface area contributed by atoms with Crippen LogP contribution in [-0.2, 0) is 0 Å². The zero-order valence-corrected chi connectivity index (χ0v) is 14.8. The lowest BCUT2D eigenvalue weighted by Gasteiger charge is -2.23. The zero-order chi connectivity index (χ0) is 17.3. The molecule has 1 aliphatic heterocycles. The Balaban J connectivity index is 1.34. The van der Waals surface area contributed by atoms with E-state index in [0.717, 1.165) is 18.7 Å². The van der Waals surface area contributed by atoms with Gasteiger partial charge in [-0.25, -0.2) is 0 Å². The largest absolute Gasteiger partial charge is 0.355 e. The molecule has 0 atom stereocenters. The molecule has 132 valence electrons. The van der Waals surface area contributed by atoms with Crippen molar-refractivity contribution in [2.45, 2.75) is 32.6 Å². The van der Waals surface area contributed by atoms with E-state index in [9.17, 15) is 4.79 Å². The number of rotatable bonds is 6. The van der Waals surface area contributed by atoms with Gasteiger partial charge in [-0.15, -0.1) is 0 Å². The molecule has 2 aliphatic rings. The first-order chi connectivity index (χ1) is 12.1. The van der Waals surface area contributed by atoms with Crippen molar-refractivity contribution in [3.05, 3.63) is 41.6 Å². The van der Waals surface area contributed by atoms with Crippen LogP contribution in [0.5, 0.6) is 0 Å². The first-order valence-electron chi connectivity index (χ1n) is 9.18. The minimum atomic E-state index is -0.144. The molecule has 0 spiro atoms. The highest BCUT2D eigenvalue weighted by Gasteiger charge is 2.44. The third-order valence-electron chi connectivity index (χ3n) is 5.42. The van der Waals surface area contributed by atoms with Crippen LogP contribution in [0.1, 0.15) is 41.7 Å². The zero-order valence-electron chi connectivity index (χ0n) is 14.8. The Morgan fingerprint density at radius 2 is 1.96 bits per heavy atom. The number of benzene rings is 1. The highest BCUT2D eigenvalue weighted by Crippen LogP contribution is 2.46. The van der Waals surface area contributed by atoms with E-state index in [-0.39, 0.29) is 11.3 Å². The second-order valence-corrected chi connectivity index (χ2v) is 7.61. The van der Waals surface area contributed by atoms with Gasteiger partial charge in [-0.2, -0.15) is 0 Å². The van der Waals surface area contributed by atoms with E-state index in [1.165, 1.54) is 44.3 Å². The lowest BCUT2D eigenvalue weighted by molar-refractivity contribution is 0.0931. The fraction of sp³-hybridized carbons (Fsp3) is 0.500. The SMILES string of the molecule is Cc1ccc(-c2cc(C(=O)NCC3(CN4CCCC4)CC3)no2)cc1. The number of carbonyl (C=O) groups excluding carboxylic acids is 1. The van der Waals surface area contributed by atoms with Crippen LogP contribution in [-0.4, -0.2) is 42.1 Å². The van der Waals surface area contributed by atoms with Crippen LogP contribution >= 0.6 is 0 Å². The molecule has 1 aromatic heterocycles. The number of hydrogen-bond acceptors (Lipinski definition) is 4. The number of carbonyl (C=O) groups is 1. The Hall–Kier alpha value is -2.14. The van der Waals surface area contributed by atoms with Crippen molar-refractivity contribution in [3.8, 4) is 11.3 Å². The van der Waals surface area contributed by atoms with E-state index >= 15 is 0 Å². The quantitative estimate of drug-likeness (QED) is 0.878. The number of aromatic nitrogens is 1. The number of nitrogens with one attached hydrogen (secondary N) is 1. The summed E-state index contributed by atoms with van der Waals surface area (Å²) in [5, 5.41) is 7.00. The summed E-state index contributed by atoms with van der Waals surface area (Å²) in [6, 6.07) is 9.72. The van der Waals surface area contributed by atoms with Crippen LogP contribution in [0.25, 0.3) is 11.3 Å². The molecule has 1 aromatic carbocycles. The van der Waals surface area contributed by atoms with Gasteiger partial charge in [0.25, 0.3) is 5.91 Å². The summed E-state index contributed by atoms with van der Waals surface area (Å²) in [6.45, 7) is 6.30. The van der Waals surface area contributed by atoms with Gasteiger partial charge in [-0.05, 0) is 45.7 Å². The fourth-order valence-electron chi connectivity index (χ4n) is 3.58. The molecule has 5 nitrogen and oxygen atoms in total. The normalized spacial score (nSPS) is 19.1. The van der Waals surface area contributed by atoms with Crippen LogP contribution in [0.3, 0.4) is 0 Å². The van der Waals surface area contributed by atoms with Gasteiger partial charge >= 0.3 is 0 Å². The van der Waals surface area contributed by atoms with E-state index in [2.05, 4.69) is 15.4 Å². The number of amides is 1. The number of likely N-dealkylation sites (tertiary alicyclic amines) is 1. The Kier molecular flexibility index (Phi) is 4.34. The Labute approximate surface area is 148 Å². The molecule has 1 aliphatic carbocycles. The summed E-state index contributed by atoms with van der Waals surface area (Å²) < 4.78 is 5.35. The number of nitrogens with zero attached hydrogens (tertiary/aromatic N) is 2. The third kappa shape index (κ3) is 3.76. The molecule has 1 amide bonds. The summed E-state index contributed by atoms with van der Waals surface area (Å²) in [6.07, 6.45) is 5.03. The molecule has 5 heteroatoms. The number of aryl methyl sites for hydroxylation is 1. The second-order valence-electron chi connectivity index (χ2n) is 7.61. The predicted octanol–water partition coefficient (Wildman–Crippen LogP) is 3.26. The summed E-state index contributed by atoms with van der Waals surface area (Å²) in [5.41, 5.74) is 2.76. The molecule has 2 heterocycles. The van der Waals surface area contributed by atoms with Crippen molar-refractivity contribution in [3.63, 3.8) is 0 Å². The van der Waals surface area contributed by atoms with E-state index < -0.39 is 0 Å². The molecule has 4 rings (SSSR count). The van der Waals surface area contributed by atoms with Crippen LogP contribution in [0, 0.1) is 12.3 Å². The topological polar surface area (TPSA) is 58.4 Å². The van der Waals surface area contributed by atoms with Crippen LogP contribution < -0.4 is 5.32 Å². The van der Waals surface area contributed by atoms with Crippen molar-refractivity contribution >= 4 is 5.91 Å². The van der Waals surface area contributed by atoms with Gasteiger partial charge in [0.1, 0.15) is 0 Å². The van der Waals surface area contributed by atoms with Crippen LogP contribution in [0.15, 0.2) is 34.9 Å². The number of hydrogen-bond donors (Lipinski definition) is 1. The van der Waals surface area contributed by atoms with E-state index in [1.807, 2.05) is 31.2 Å². The molecule has 2 fully saturated rings. The summed E-state index contributed by atoms with van der Waals surface area (Å²) in [4.78, 5) is 14.9. The van der Waals surface area contributed by atoms with Gasteiger partial charge in [0, 0.05) is 30.1 Å². The van der Waals surface area contributed by atoms with E-state index in [4.69, 9.17) is 4.52 Å². The minimum Gasteiger partial charge on any atom is -0.355 e. The van der Waals surface area contributed by atoms with E-state index in [0.29, 0.717) is 11.5 Å². The smallest absolute Gasteiger partial charge is 0.273 e. The van der Waals surface area contributed by atoms with Crippen LogP contribution in [0.4, 0.5) is 0 Å². The average Bonchev–Trinajstić information content (AvgIpc) is 3.03. The van der Waals surface area contributed by atoms with Crippen molar-refractivity contribution in [1.82, 2.24) is 15.4 Å². The molecule has 1 saturated heterocycles. The maximum atomic E-state index is 12.4. The van der Waals surface area contributed by atoms with Gasteiger partial charge in [0.15, 0.2) is 11.5 Å². The van der Waals surface area contributed by atoms with Crippen LogP contribution in [0.2, 0.25) is 0 Å². The average molecular weight is 339 g/mol. The molecular formula is C20H25N3O2. The molecule has 25 heavy (non-hydrogen) atoms. The minimum absolute atomic E-state index is 0.144. The monoisotopic (exact) mass is 339 g/mol. The van der Waals surface area contributed by atoms with Crippen molar-refractivity contribution in [2.75, 3.05) is 26.2 Å².